The van der Waals surface area contributed by atoms with Crippen molar-refractivity contribution in [2.24, 2.45) is 0 Å². The smallest absolute Gasteiger partial charge is 0.407 e. The SMILES string of the molecule is CC(C)(C)OC(=O)NCCN1CCCC(NC(=O)c2ccc(-c3ccccc3C#N)nc2NCCc2cccc(F)c2)C1=O. The maximum atomic E-state index is 13.7. The van der Waals surface area contributed by atoms with Gasteiger partial charge in [0.1, 0.15) is 23.3 Å². The van der Waals surface area contributed by atoms with E-state index in [4.69, 9.17) is 4.74 Å². The number of halogens is 1. The van der Waals surface area contributed by atoms with E-state index >= 15 is 0 Å². The molecule has 44 heavy (non-hydrogen) atoms. The van der Waals surface area contributed by atoms with Gasteiger partial charge in [-0.15, -0.1) is 0 Å². The topological polar surface area (TPSA) is 136 Å². The Hall–Kier alpha value is -4.98. The first-order chi connectivity index (χ1) is 21.0. The largest absolute Gasteiger partial charge is 0.444 e. The molecule has 10 nitrogen and oxygen atoms in total. The summed E-state index contributed by atoms with van der Waals surface area (Å²) in [6.45, 7) is 6.70. The van der Waals surface area contributed by atoms with Gasteiger partial charge in [-0.1, -0.05) is 30.3 Å². The second-order valence-corrected chi connectivity index (χ2v) is 11.5. The first-order valence-electron chi connectivity index (χ1n) is 14.6. The molecule has 0 aliphatic carbocycles. The Kier molecular flexibility index (Phi) is 10.5. The highest BCUT2D eigenvalue weighted by Crippen LogP contribution is 2.25. The number of nitrogens with one attached hydrogen (secondary N) is 3. The summed E-state index contributed by atoms with van der Waals surface area (Å²) in [5, 5.41) is 18.3. The summed E-state index contributed by atoms with van der Waals surface area (Å²) in [6, 6.07) is 18.0. The number of carbonyl (C=O) groups excluding carboxylic acids is 3. The molecule has 1 saturated heterocycles. The third-order valence-corrected chi connectivity index (χ3v) is 6.94. The molecule has 3 aromatic rings. The van der Waals surface area contributed by atoms with Crippen molar-refractivity contribution in [3.63, 3.8) is 0 Å². The number of ether oxygens (including phenoxy) is 1. The first kappa shape index (κ1) is 31.9. The lowest BCUT2D eigenvalue weighted by Gasteiger charge is -2.33. The Morgan fingerprint density at radius 1 is 1.11 bits per heavy atom. The fourth-order valence-corrected chi connectivity index (χ4v) is 4.89. The van der Waals surface area contributed by atoms with Gasteiger partial charge in [-0.2, -0.15) is 5.26 Å². The lowest BCUT2D eigenvalue weighted by atomic mass is 10.0. The van der Waals surface area contributed by atoms with Crippen LogP contribution in [-0.4, -0.2) is 65.6 Å². The van der Waals surface area contributed by atoms with Crippen LogP contribution >= 0.6 is 0 Å². The van der Waals surface area contributed by atoms with Crippen LogP contribution in [0.5, 0.6) is 0 Å². The molecular weight excluding hydrogens is 563 g/mol. The molecule has 1 unspecified atom stereocenters. The number of nitriles is 1. The average Bonchev–Trinajstić information content (AvgIpc) is 2.98. The summed E-state index contributed by atoms with van der Waals surface area (Å²) in [6.07, 6.45) is 1.08. The van der Waals surface area contributed by atoms with Crippen LogP contribution in [0, 0.1) is 17.1 Å². The van der Waals surface area contributed by atoms with Crippen molar-refractivity contribution in [1.82, 2.24) is 20.5 Å². The standard InChI is InChI=1S/C33H37FN6O4/c1-33(2,3)44-32(43)37-17-19-40-18-7-12-28(31(40)42)39-30(41)26-13-14-27(25-11-5-4-9-23(25)21-35)38-29(26)36-16-15-22-8-6-10-24(34)20-22/h4-6,8-11,13-14,20,28H,7,12,15-19H2,1-3H3,(H,36,38)(H,37,43)(H,39,41). The Morgan fingerprint density at radius 2 is 1.91 bits per heavy atom. The minimum absolute atomic E-state index is 0.219. The van der Waals surface area contributed by atoms with E-state index in [0.29, 0.717) is 49.2 Å². The summed E-state index contributed by atoms with van der Waals surface area (Å²) in [4.78, 5) is 45.0. The van der Waals surface area contributed by atoms with E-state index < -0.39 is 23.6 Å². The third kappa shape index (κ3) is 8.77. The lowest BCUT2D eigenvalue weighted by Crippen LogP contribution is -2.53. The number of anilines is 1. The van der Waals surface area contributed by atoms with Crippen molar-refractivity contribution in [3.05, 3.63) is 83.2 Å². The van der Waals surface area contributed by atoms with Gasteiger partial charge < -0.3 is 25.6 Å². The molecule has 1 atom stereocenters. The summed E-state index contributed by atoms with van der Waals surface area (Å²) >= 11 is 0. The van der Waals surface area contributed by atoms with Crippen LogP contribution < -0.4 is 16.0 Å². The number of piperidine rings is 1. The van der Waals surface area contributed by atoms with Gasteiger partial charge in [-0.25, -0.2) is 14.2 Å². The number of alkyl carbamates (subject to hydrolysis) is 1. The van der Waals surface area contributed by atoms with Crippen LogP contribution in [0.25, 0.3) is 11.3 Å². The number of pyridine rings is 1. The number of rotatable bonds is 10. The molecule has 0 radical (unpaired) electrons. The minimum atomic E-state index is -0.739. The fourth-order valence-electron chi connectivity index (χ4n) is 4.89. The van der Waals surface area contributed by atoms with Crippen molar-refractivity contribution < 1.29 is 23.5 Å². The molecular formula is C33H37FN6O4. The number of hydrogen-bond donors (Lipinski definition) is 3. The highest BCUT2D eigenvalue weighted by Gasteiger charge is 2.31. The maximum Gasteiger partial charge on any atom is 0.407 e. The Balaban J connectivity index is 1.47. The quantitative estimate of drug-likeness (QED) is 0.308. The monoisotopic (exact) mass is 600 g/mol. The molecule has 230 valence electrons. The van der Waals surface area contributed by atoms with E-state index in [1.54, 1.807) is 68.1 Å². The summed E-state index contributed by atoms with van der Waals surface area (Å²) in [5.41, 5.74) is 1.96. The Morgan fingerprint density at radius 3 is 2.66 bits per heavy atom. The summed E-state index contributed by atoms with van der Waals surface area (Å²) < 4.78 is 18.9. The fraction of sp³-hybridized carbons (Fsp3) is 0.364. The minimum Gasteiger partial charge on any atom is -0.444 e. The number of carbonyl (C=O) groups is 3. The van der Waals surface area contributed by atoms with Gasteiger partial charge >= 0.3 is 6.09 Å². The van der Waals surface area contributed by atoms with Gasteiger partial charge in [0.05, 0.1) is 22.9 Å². The summed E-state index contributed by atoms with van der Waals surface area (Å²) in [5.74, 6) is -0.755. The summed E-state index contributed by atoms with van der Waals surface area (Å²) in [7, 11) is 0. The van der Waals surface area contributed by atoms with Gasteiger partial charge in [-0.3, -0.25) is 9.59 Å². The van der Waals surface area contributed by atoms with Gasteiger partial charge in [0, 0.05) is 31.7 Å². The third-order valence-electron chi connectivity index (χ3n) is 6.94. The normalized spacial score (nSPS) is 14.8. The van der Waals surface area contributed by atoms with Crippen LogP contribution in [-0.2, 0) is 16.0 Å². The van der Waals surface area contributed by atoms with Crippen molar-refractivity contribution in [1.29, 1.82) is 5.26 Å². The predicted molar refractivity (Wildman–Crippen MR) is 164 cm³/mol. The Labute approximate surface area is 256 Å². The van der Waals surface area contributed by atoms with E-state index in [-0.39, 0.29) is 36.2 Å². The number of aromatic nitrogens is 1. The van der Waals surface area contributed by atoms with Crippen LogP contribution in [0.15, 0.2) is 60.7 Å². The van der Waals surface area contributed by atoms with E-state index in [1.165, 1.54) is 12.1 Å². The van der Waals surface area contributed by atoms with Crippen LogP contribution in [0.4, 0.5) is 15.0 Å². The lowest BCUT2D eigenvalue weighted by molar-refractivity contribution is -0.135. The highest BCUT2D eigenvalue weighted by molar-refractivity contribution is 6.01. The molecule has 1 aliphatic rings. The number of benzene rings is 2. The van der Waals surface area contributed by atoms with Gasteiger partial charge in [-0.05, 0) is 75.9 Å². The number of hydrogen-bond acceptors (Lipinski definition) is 7. The highest BCUT2D eigenvalue weighted by atomic mass is 19.1. The molecule has 0 bridgehead atoms. The zero-order valence-corrected chi connectivity index (χ0v) is 25.2. The van der Waals surface area contributed by atoms with E-state index in [0.717, 1.165) is 5.56 Å². The Bertz CT molecular complexity index is 1550. The molecule has 4 rings (SSSR count). The molecule has 1 aliphatic heterocycles. The van der Waals surface area contributed by atoms with E-state index in [9.17, 15) is 24.0 Å². The predicted octanol–water partition coefficient (Wildman–Crippen LogP) is 4.66. The average molecular weight is 601 g/mol. The molecule has 11 heteroatoms. The van der Waals surface area contributed by atoms with Crippen LogP contribution in [0.2, 0.25) is 0 Å². The maximum absolute atomic E-state index is 13.7. The second kappa shape index (κ2) is 14.5. The second-order valence-electron chi connectivity index (χ2n) is 11.5. The van der Waals surface area contributed by atoms with Crippen molar-refractivity contribution >= 4 is 23.7 Å². The van der Waals surface area contributed by atoms with E-state index in [2.05, 4.69) is 27.0 Å². The van der Waals surface area contributed by atoms with E-state index in [1.807, 2.05) is 6.07 Å². The van der Waals surface area contributed by atoms with Crippen LogP contribution in [0.1, 0.15) is 55.1 Å². The molecule has 3 amide bonds. The molecule has 0 spiro atoms. The molecule has 0 saturated carbocycles. The van der Waals surface area contributed by atoms with Gasteiger partial charge in [0.15, 0.2) is 0 Å². The zero-order valence-electron chi connectivity index (χ0n) is 25.2. The molecule has 1 aromatic heterocycles. The molecule has 2 aromatic carbocycles. The van der Waals surface area contributed by atoms with Crippen molar-refractivity contribution in [3.8, 4) is 17.3 Å². The van der Waals surface area contributed by atoms with Crippen molar-refractivity contribution in [2.45, 2.75) is 51.7 Å². The van der Waals surface area contributed by atoms with Gasteiger partial charge in [0.25, 0.3) is 5.91 Å². The molecule has 1 fully saturated rings. The molecule has 3 N–H and O–H groups in total. The number of nitrogens with zero attached hydrogens (tertiary/aromatic N) is 3. The number of amides is 3. The first-order valence-corrected chi connectivity index (χ1v) is 14.6. The van der Waals surface area contributed by atoms with Crippen LogP contribution in [0.3, 0.4) is 0 Å². The van der Waals surface area contributed by atoms with Gasteiger partial charge in [0.2, 0.25) is 5.91 Å². The number of likely N-dealkylation sites (tertiary alicyclic amines) is 1. The zero-order chi connectivity index (χ0) is 31.7. The van der Waals surface area contributed by atoms with Crippen molar-refractivity contribution in [2.75, 3.05) is 31.5 Å². The molecule has 2 heterocycles.